The second-order valence-corrected chi connectivity index (χ2v) is 3.85. The number of oxime groups is 1. The van der Waals surface area contributed by atoms with Gasteiger partial charge in [-0.05, 0) is 12.1 Å². The number of carbonyl (C=O) groups excluding carboxylic acids is 1. The first-order valence-electron chi connectivity index (χ1n) is 5.32. The maximum Gasteiger partial charge on any atom is 0.365 e. The monoisotopic (exact) mass is 259 g/mol. The van der Waals surface area contributed by atoms with Crippen LogP contribution in [0.4, 0.5) is 0 Å². The van der Waals surface area contributed by atoms with E-state index in [2.05, 4.69) is 5.16 Å². The minimum Gasteiger partial charge on any atom is -0.311 e. The van der Waals surface area contributed by atoms with Gasteiger partial charge in [-0.3, -0.25) is 0 Å². The van der Waals surface area contributed by atoms with Gasteiger partial charge in [0.05, 0.1) is 5.56 Å². The highest BCUT2D eigenvalue weighted by Crippen LogP contribution is 2.07. The van der Waals surface area contributed by atoms with Crippen molar-refractivity contribution in [3.8, 4) is 0 Å². The van der Waals surface area contributed by atoms with Crippen LogP contribution < -0.4 is 0 Å². The lowest BCUT2D eigenvalue weighted by atomic mass is 10.2. The maximum absolute atomic E-state index is 11.6. The molecule has 0 N–H and O–H groups in total. The summed E-state index contributed by atoms with van der Waals surface area (Å²) in [6.07, 6.45) is 0. The van der Waals surface area contributed by atoms with Crippen LogP contribution in [0.15, 0.2) is 65.8 Å². The molecule has 18 heavy (non-hydrogen) atoms. The van der Waals surface area contributed by atoms with Crippen molar-refractivity contribution in [1.29, 1.82) is 0 Å². The predicted octanol–water partition coefficient (Wildman–Crippen LogP) is 3.44. The Bertz CT molecular complexity index is 553. The van der Waals surface area contributed by atoms with Gasteiger partial charge < -0.3 is 4.84 Å². The van der Waals surface area contributed by atoms with Crippen LogP contribution >= 0.6 is 11.6 Å². The molecule has 2 aromatic carbocycles. The Kier molecular flexibility index (Phi) is 4.10. The van der Waals surface area contributed by atoms with Gasteiger partial charge in [0.1, 0.15) is 0 Å². The predicted molar refractivity (Wildman–Crippen MR) is 70.7 cm³/mol. The molecule has 0 radical (unpaired) electrons. The Morgan fingerprint density at radius 2 is 1.39 bits per heavy atom. The van der Waals surface area contributed by atoms with Crippen molar-refractivity contribution >= 4 is 22.7 Å². The van der Waals surface area contributed by atoms with Crippen molar-refractivity contribution in [2.75, 3.05) is 0 Å². The summed E-state index contributed by atoms with van der Waals surface area (Å²) in [7, 11) is 0. The quantitative estimate of drug-likeness (QED) is 0.481. The number of halogens is 1. The van der Waals surface area contributed by atoms with Gasteiger partial charge in [-0.1, -0.05) is 65.3 Å². The van der Waals surface area contributed by atoms with Gasteiger partial charge in [-0.15, -0.1) is 0 Å². The Balaban J connectivity index is 2.05. The molecule has 90 valence electrons. The highest BCUT2D eigenvalue weighted by Gasteiger charge is 2.07. The number of rotatable bonds is 3. The fourth-order valence-corrected chi connectivity index (χ4v) is 1.50. The first-order valence-corrected chi connectivity index (χ1v) is 5.70. The zero-order chi connectivity index (χ0) is 12.8. The second-order valence-electron chi connectivity index (χ2n) is 3.49. The lowest BCUT2D eigenvalue weighted by Crippen LogP contribution is -2.02. The molecular weight excluding hydrogens is 250 g/mol. The molecule has 0 saturated heterocycles. The molecule has 0 aliphatic rings. The standard InChI is InChI=1S/C14H10ClNO2/c15-13(11-7-3-1-4-8-11)16-18-14(17)12-9-5-2-6-10-12/h1-10H/b16-13-. The number of carbonyl (C=O) groups is 1. The van der Waals surface area contributed by atoms with E-state index in [0.717, 1.165) is 0 Å². The highest BCUT2D eigenvalue weighted by atomic mass is 35.5. The molecule has 2 aromatic rings. The van der Waals surface area contributed by atoms with Gasteiger partial charge >= 0.3 is 5.97 Å². The summed E-state index contributed by atoms with van der Waals surface area (Å²) in [5, 5.41) is 3.74. The largest absolute Gasteiger partial charge is 0.365 e. The first-order chi connectivity index (χ1) is 8.77. The van der Waals surface area contributed by atoms with Crippen LogP contribution in [-0.2, 0) is 4.84 Å². The Hall–Kier alpha value is -2.13. The second kappa shape index (κ2) is 5.98. The normalized spacial score (nSPS) is 11.1. The molecule has 0 aromatic heterocycles. The van der Waals surface area contributed by atoms with Crippen LogP contribution in [0.25, 0.3) is 0 Å². The molecule has 0 heterocycles. The average Bonchev–Trinajstić information content (AvgIpc) is 2.46. The van der Waals surface area contributed by atoms with Crippen LogP contribution in [0, 0.1) is 0 Å². The van der Waals surface area contributed by atoms with Gasteiger partial charge in [0.25, 0.3) is 0 Å². The molecule has 0 atom stereocenters. The number of benzene rings is 2. The van der Waals surface area contributed by atoms with Crippen LogP contribution in [0.5, 0.6) is 0 Å². The van der Waals surface area contributed by atoms with E-state index >= 15 is 0 Å². The molecule has 0 unspecified atom stereocenters. The Morgan fingerprint density at radius 3 is 1.94 bits per heavy atom. The van der Waals surface area contributed by atoms with Gasteiger partial charge in [0.15, 0.2) is 5.17 Å². The maximum atomic E-state index is 11.6. The van der Waals surface area contributed by atoms with E-state index in [-0.39, 0.29) is 5.17 Å². The lowest BCUT2D eigenvalue weighted by molar-refractivity contribution is 0.0518. The first kappa shape index (κ1) is 12.3. The van der Waals surface area contributed by atoms with Crippen molar-refractivity contribution in [3.05, 3.63) is 71.8 Å². The smallest absolute Gasteiger partial charge is 0.311 e. The molecular formula is C14H10ClNO2. The zero-order valence-electron chi connectivity index (χ0n) is 9.42. The molecule has 0 spiro atoms. The van der Waals surface area contributed by atoms with E-state index < -0.39 is 5.97 Å². The summed E-state index contributed by atoms with van der Waals surface area (Å²) in [6, 6.07) is 17.7. The van der Waals surface area contributed by atoms with Crippen molar-refractivity contribution < 1.29 is 9.63 Å². The van der Waals surface area contributed by atoms with Crippen LogP contribution in [0.2, 0.25) is 0 Å². The van der Waals surface area contributed by atoms with Gasteiger partial charge in [0.2, 0.25) is 0 Å². The van der Waals surface area contributed by atoms with Crippen LogP contribution in [-0.4, -0.2) is 11.1 Å². The van der Waals surface area contributed by atoms with Gasteiger partial charge in [-0.2, -0.15) is 0 Å². The van der Waals surface area contributed by atoms with Crippen LogP contribution in [0.3, 0.4) is 0 Å². The molecule has 0 fully saturated rings. The highest BCUT2D eigenvalue weighted by molar-refractivity contribution is 6.69. The third-order valence-corrected chi connectivity index (χ3v) is 2.52. The molecule has 2 rings (SSSR count). The van der Waals surface area contributed by atoms with E-state index in [0.29, 0.717) is 11.1 Å². The minimum absolute atomic E-state index is 0.139. The molecule has 0 saturated carbocycles. The summed E-state index contributed by atoms with van der Waals surface area (Å²) in [5.74, 6) is -0.537. The van der Waals surface area contributed by atoms with Gasteiger partial charge in [-0.25, -0.2) is 4.79 Å². The lowest BCUT2D eigenvalue weighted by Gasteiger charge is -1.99. The number of hydrogen-bond acceptors (Lipinski definition) is 3. The van der Waals surface area contributed by atoms with Crippen molar-refractivity contribution in [3.63, 3.8) is 0 Å². The molecule has 3 nitrogen and oxygen atoms in total. The Labute approximate surface area is 110 Å². The van der Waals surface area contributed by atoms with E-state index in [1.165, 1.54) is 0 Å². The van der Waals surface area contributed by atoms with Gasteiger partial charge in [0, 0.05) is 5.56 Å². The summed E-state index contributed by atoms with van der Waals surface area (Å²) >= 11 is 5.91. The van der Waals surface area contributed by atoms with Crippen molar-refractivity contribution in [1.82, 2.24) is 0 Å². The Morgan fingerprint density at radius 1 is 0.889 bits per heavy atom. The summed E-state index contributed by atoms with van der Waals surface area (Å²) in [6.45, 7) is 0. The molecule has 0 aliphatic carbocycles. The topological polar surface area (TPSA) is 38.7 Å². The fourth-order valence-electron chi connectivity index (χ4n) is 1.34. The van der Waals surface area contributed by atoms with Crippen molar-refractivity contribution in [2.24, 2.45) is 5.16 Å². The number of hydrogen-bond donors (Lipinski definition) is 0. The van der Waals surface area contributed by atoms with E-state index in [1.807, 2.05) is 24.3 Å². The summed E-state index contributed by atoms with van der Waals surface area (Å²) in [4.78, 5) is 16.4. The summed E-state index contributed by atoms with van der Waals surface area (Å²) in [5.41, 5.74) is 1.12. The average molecular weight is 260 g/mol. The third kappa shape index (κ3) is 3.18. The third-order valence-electron chi connectivity index (χ3n) is 2.23. The zero-order valence-corrected chi connectivity index (χ0v) is 10.2. The van der Waals surface area contributed by atoms with E-state index in [1.54, 1.807) is 36.4 Å². The fraction of sp³-hybridized carbons (Fsp3) is 0. The number of nitrogens with zero attached hydrogens (tertiary/aromatic N) is 1. The van der Waals surface area contributed by atoms with Crippen molar-refractivity contribution in [2.45, 2.75) is 0 Å². The molecule has 0 bridgehead atoms. The minimum atomic E-state index is -0.537. The SMILES string of the molecule is O=C(O/N=C(\Cl)c1ccccc1)c1ccccc1. The van der Waals surface area contributed by atoms with Crippen LogP contribution in [0.1, 0.15) is 15.9 Å². The van der Waals surface area contributed by atoms with E-state index in [4.69, 9.17) is 16.4 Å². The molecule has 0 aliphatic heterocycles. The molecule has 4 heteroatoms. The van der Waals surface area contributed by atoms with E-state index in [9.17, 15) is 4.79 Å². The molecule has 0 amide bonds. The summed E-state index contributed by atoms with van der Waals surface area (Å²) < 4.78 is 0.